The molecule has 0 bridgehead atoms. The maximum absolute atomic E-state index is 12.1. The Kier molecular flexibility index (Phi) is 2.84. The second-order valence-electron chi connectivity index (χ2n) is 4.19. The molecule has 92 valence electrons. The Morgan fingerprint density at radius 3 is 2.76 bits per heavy atom. The van der Waals surface area contributed by atoms with Gasteiger partial charge >= 0.3 is 5.82 Å². The Balaban J connectivity index is 2.23. The Morgan fingerprint density at radius 1 is 1.59 bits per heavy atom. The standard InChI is InChI=1S/C10H14N4O3/c1-12-8(2-3-9(12)14(16)17)10(15)13-5-4-7(11)6-13/h2-3,7H,4-6,11H2,1H3. The Hall–Kier alpha value is -1.89. The number of hydrogen-bond donors (Lipinski definition) is 1. The number of carbonyl (C=O) groups excluding carboxylic acids is 1. The van der Waals surface area contributed by atoms with E-state index in [0.717, 1.165) is 6.42 Å². The SMILES string of the molecule is Cn1c(C(=O)N2CCC(N)C2)ccc1[N+](=O)[O-]. The predicted molar refractivity (Wildman–Crippen MR) is 60.6 cm³/mol. The van der Waals surface area contributed by atoms with Crippen LogP contribution in [-0.2, 0) is 7.05 Å². The zero-order valence-corrected chi connectivity index (χ0v) is 9.50. The van der Waals surface area contributed by atoms with Gasteiger partial charge in [0.2, 0.25) is 0 Å². The number of amides is 1. The van der Waals surface area contributed by atoms with Crippen LogP contribution in [0.2, 0.25) is 0 Å². The van der Waals surface area contributed by atoms with Gasteiger partial charge in [-0.25, -0.2) is 4.57 Å². The van der Waals surface area contributed by atoms with Gasteiger partial charge in [0.25, 0.3) is 5.91 Å². The third kappa shape index (κ3) is 2.01. The molecule has 0 aliphatic carbocycles. The molecule has 1 amide bonds. The Labute approximate surface area is 97.9 Å². The van der Waals surface area contributed by atoms with Gasteiger partial charge in [0.15, 0.2) is 5.69 Å². The van der Waals surface area contributed by atoms with Gasteiger partial charge in [-0.3, -0.25) is 4.79 Å². The highest BCUT2D eigenvalue weighted by atomic mass is 16.6. The lowest BCUT2D eigenvalue weighted by atomic mass is 10.3. The van der Waals surface area contributed by atoms with E-state index >= 15 is 0 Å². The van der Waals surface area contributed by atoms with E-state index < -0.39 is 4.92 Å². The summed E-state index contributed by atoms with van der Waals surface area (Å²) in [6.07, 6.45) is 0.776. The van der Waals surface area contributed by atoms with E-state index in [9.17, 15) is 14.9 Å². The first-order chi connectivity index (χ1) is 8.00. The molecule has 0 aromatic carbocycles. The summed E-state index contributed by atoms with van der Waals surface area (Å²) in [6, 6.07) is 2.82. The van der Waals surface area contributed by atoms with Gasteiger partial charge in [0.05, 0.1) is 7.05 Å². The minimum absolute atomic E-state index is 0.00852. The van der Waals surface area contributed by atoms with Gasteiger partial charge in [-0.2, -0.15) is 0 Å². The minimum Gasteiger partial charge on any atom is -0.358 e. The minimum atomic E-state index is -0.507. The molecule has 0 spiro atoms. The number of aromatic nitrogens is 1. The van der Waals surface area contributed by atoms with Gasteiger partial charge in [0.1, 0.15) is 0 Å². The number of rotatable bonds is 2. The highest BCUT2D eigenvalue weighted by molar-refractivity contribution is 5.93. The molecule has 1 aliphatic rings. The van der Waals surface area contributed by atoms with E-state index in [2.05, 4.69) is 0 Å². The molecule has 2 heterocycles. The van der Waals surface area contributed by atoms with Crippen LogP contribution in [0.15, 0.2) is 12.1 Å². The van der Waals surface area contributed by atoms with Crippen molar-refractivity contribution >= 4 is 11.7 Å². The van der Waals surface area contributed by atoms with Crippen LogP contribution in [-0.4, -0.2) is 39.4 Å². The summed E-state index contributed by atoms with van der Waals surface area (Å²) in [5.41, 5.74) is 6.05. The van der Waals surface area contributed by atoms with E-state index in [1.165, 1.54) is 23.7 Å². The summed E-state index contributed by atoms with van der Waals surface area (Å²) >= 11 is 0. The van der Waals surface area contributed by atoms with Crippen LogP contribution in [0.25, 0.3) is 0 Å². The monoisotopic (exact) mass is 238 g/mol. The Morgan fingerprint density at radius 2 is 2.29 bits per heavy atom. The predicted octanol–water partition coefficient (Wildman–Crippen LogP) is 0.107. The van der Waals surface area contributed by atoms with Crippen LogP contribution in [0.5, 0.6) is 0 Å². The van der Waals surface area contributed by atoms with E-state index in [1.54, 1.807) is 4.90 Å². The van der Waals surface area contributed by atoms with Crippen LogP contribution in [0.1, 0.15) is 16.9 Å². The maximum Gasteiger partial charge on any atom is 0.323 e. The van der Waals surface area contributed by atoms with Crippen molar-refractivity contribution in [3.63, 3.8) is 0 Å². The normalized spacial score (nSPS) is 19.6. The molecular weight excluding hydrogens is 224 g/mol. The summed E-state index contributed by atoms with van der Waals surface area (Å²) < 4.78 is 1.30. The van der Waals surface area contributed by atoms with E-state index in [-0.39, 0.29) is 17.8 Å². The van der Waals surface area contributed by atoms with E-state index in [4.69, 9.17) is 5.73 Å². The van der Waals surface area contributed by atoms with Gasteiger partial charge in [-0.1, -0.05) is 0 Å². The van der Waals surface area contributed by atoms with Crippen molar-refractivity contribution in [1.29, 1.82) is 0 Å². The zero-order valence-electron chi connectivity index (χ0n) is 9.50. The summed E-state index contributed by atoms with van der Waals surface area (Å²) in [6.45, 7) is 1.12. The van der Waals surface area contributed by atoms with Gasteiger partial charge in [-0.15, -0.1) is 0 Å². The molecule has 1 aromatic rings. The average molecular weight is 238 g/mol. The van der Waals surface area contributed by atoms with Crippen LogP contribution < -0.4 is 5.73 Å². The molecule has 1 aliphatic heterocycles. The van der Waals surface area contributed by atoms with Crippen molar-refractivity contribution in [3.8, 4) is 0 Å². The second kappa shape index (κ2) is 4.17. The van der Waals surface area contributed by atoms with Crippen molar-refractivity contribution < 1.29 is 9.72 Å². The van der Waals surface area contributed by atoms with E-state index in [0.29, 0.717) is 18.8 Å². The lowest BCUT2D eigenvalue weighted by Gasteiger charge is -2.14. The fourth-order valence-electron chi connectivity index (χ4n) is 2.03. The molecule has 1 saturated heterocycles. The molecule has 1 fully saturated rings. The number of likely N-dealkylation sites (tertiary alicyclic amines) is 1. The second-order valence-corrected chi connectivity index (χ2v) is 4.19. The van der Waals surface area contributed by atoms with E-state index in [1.807, 2.05) is 0 Å². The third-order valence-corrected chi connectivity index (χ3v) is 3.01. The third-order valence-electron chi connectivity index (χ3n) is 3.01. The van der Waals surface area contributed by atoms with Crippen molar-refractivity contribution in [2.75, 3.05) is 13.1 Å². The Bertz CT molecular complexity index is 468. The van der Waals surface area contributed by atoms with Gasteiger partial charge < -0.3 is 20.7 Å². The zero-order chi connectivity index (χ0) is 12.6. The first kappa shape index (κ1) is 11.6. The first-order valence-electron chi connectivity index (χ1n) is 5.35. The molecular formula is C10H14N4O3. The fraction of sp³-hybridized carbons (Fsp3) is 0.500. The molecule has 0 radical (unpaired) electrons. The summed E-state index contributed by atoms with van der Waals surface area (Å²) in [4.78, 5) is 23.9. The van der Waals surface area contributed by atoms with Crippen molar-refractivity contribution in [2.24, 2.45) is 12.8 Å². The molecule has 2 N–H and O–H groups in total. The number of nitrogens with zero attached hydrogens (tertiary/aromatic N) is 3. The van der Waals surface area contributed by atoms with Crippen LogP contribution in [0.4, 0.5) is 5.82 Å². The molecule has 7 nitrogen and oxygen atoms in total. The number of nitrogens with two attached hydrogens (primary N) is 1. The highest BCUT2D eigenvalue weighted by Gasteiger charge is 2.29. The first-order valence-corrected chi connectivity index (χ1v) is 5.35. The largest absolute Gasteiger partial charge is 0.358 e. The lowest BCUT2D eigenvalue weighted by Crippen LogP contribution is -2.32. The quantitative estimate of drug-likeness (QED) is 0.584. The van der Waals surface area contributed by atoms with Gasteiger partial charge in [0, 0.05) is 25.2 Å². The highest BCUT2D eigenvalue weighted by Crippen LogP contribution is 2.18. The number of nitro groups is 1. The fourth-order valence-corrected chi connectivity index (χ4v) is 2.03. The summed E-state index contributed by atoms with van der Waals surface area (Å²) in [5, 5.41) is 10.7. The molecule has 7 heteroatoms. The number of carbonyl (C=O) groups is 1. The van der Waals surface area contributed by atoms with Crippen molar-refractivity contribution in [3.05, 3.63) is 27.9 Å². The summed E-state index contributed by atoms with van der Waals surface area (Å²) in [5.74, 6) is -0.287. The topological polar surface area (TPSA) is 94.4 Å². The molecule has 0 saturated carbocycles. The maximum atomic E-state index is 12.1. The van der Waals surface area contributed by atoms with Crippen molar-refractivity contribution in [2.45, 2.75) is 12.5 Å². The smallest absolute Gasteiger partial charge is 0.323 e. The molecule has 17 heavy (non-hydrogen) atoms. The van der Waals surface area contributed by atoms with Crippen LogP contribution in [0, 0.1) is 10.1 Å². The molecule has 1 aromatic heterocycles. The van der Waals surface area contributed by atoms with Crippen molar-refractivity contribution in [1.82, 2.24) is 9.47 Å². The van der Waals surface area contributed by atoms with Crippen LogP contribution >= 0.6 is 0 Å². The molecule has 2 rings (SSSR count). The van der Waals surface area contributed by atoms with Crippen LogP contribution in [0.3, 0.4) is 0 Å². The molecule has 1 atom stereocenters. The lowest BCUT2D eigenvalue weighted by molar-refractivity contribution is -0.391. The molecule has 1 unspecified atom stereocenters. The van der Waals surface area contributed by atoms with Gasteiger partial charge in [-0.05, 0) is 17.4 Å². The average Bonchev–Trinajstić information content (AvgIpc) is 2.83. The number of hydrogen-bond acceptors (Lipinski definition) is 4. The summed E-state index contributed by atoms with van der Waals surface area (Å²) in [7, 11) is 1.52.